The van der Waals surface area contributed by atoms with Crippen molar-refractivity contribution in [2.24, 2.45) is 0 Å². The lowest BCUT2D eigenvalue weighted by atomic mass is 10.1. The van der Waals surface area contributed by atoms with Crippen LogP contribution in [0.15, 0.2) is 60.7 Å². The van der Waals surface area contributed by atoms with Gasteiger partial charge in [0.1, 0.15) is 0 Å². The van der Waals surface area contributed by atoms with Crippen molar-refractivity contribution < 1.29 is 33.6 Å². The van der Waals surface area contributed by atoms with Gasteiger partial charge in [0.25, 0.3) is 17.5 Å². The molecule has 0 unspecified atom stereocenters. The number of carbonyl (C=O) groups is 4. The Morgan fingerprint density at radius 1 is 0.778 bits per heavy atom. The molecule has 1 aliphatic rings. The van der Waals surface area contributed by atoms with E-state index in [-0.39, 0.29) is 23.1 Å². The zero-order chi connectivity index (χ0) is 26.6. The first-order valence-corrected chi connectivity index (χ1v) is 10.6. The van der Waals surface area contributed by atoms with Gasteiger partial charge in [-0.3, -0.25) is 19.7 Å². The van der Waals surface area contributed by atoms with E-state index in [0.29, 0.717) is 33.5 Å². The maximum atomic E-state index is 12.4. The number of ether oxygens (including phenoxy) is 2. The number of nitro groups is 1. The molecule has 184 valence electrons. The number of benzene rings is 3. The molecule has 0 spiro atoms. The molecule has 10 heteroatoms. The van der Waals surface area contributed by atoms with Crippen LogP contribution in [-0.4, -0.2) is 42.9 Å². The van der Waals surface area contributed by atoms with Gasteiger partial charge in [-0.15, -0.1) is 0 Å². The predicted octanol–water partition coefficient (Wildman–Crippen LogP) is 4.27. The van der Waals surface area contributed by atoms with Gasteiger partial charge in [-0.2, -0.15) is 0 Å². The van der Waals surface area contributed by atoms with E-state index < -0.39 is 16.9 Å². The summed E-state index contributed by atoms with van der Waals surface area (Å²) in [4.78, 5) is 58.8. The summed E-state index contributed by atoms with van der Waals surface area (Å²) in [5.74, 6) is -1.84. The quantitative estimate of drug-likeness (QED) is 0.229. The molecule has 0 saturated heterocycles. The highest BCUT2D eigenvalue weighted by Crippen LogP contribution is 2.29. The number of methoxy groups -OCH3 is 2. The summed E-state index contributed by atoms with van der Waals surface area (Å²) in [6.45, 7) is 3.45. The van der Waals surface area contributed by atoms with Gasteiger partial charge in [-0.1, -0.05) is 24.3 Å². The second kappa shape index (κ2) is 10.6. The highest BCUT2D eigenvalue weighted by atomic mass is 16.6. The minimum Gasteiger partial charge on any atom is -0.465 e. The summed E-state index contributed by atoms with van der Waals surface area (Å²) in [7, 11) is 2.52. The maximum absolute atomic E-state index is 12.4. The zero-order valence-corrected chi connectivity index (χ0v) is 19.9. The standard InChI is InChI=1S/C17H13NO4.C9H9NO4/c1-10-7-8-11(9-14(10)17(21)22-2)18-15(19)12-5-3-4-6-13(12)16(18)20;1-6-3-4-7(10(12)13)5-8(6)9(11)14-2/h3-9H,1-2H3;3-5H,1-2H3. The van der Waals surface area contributed by atoms with E-state index in [0.717, 1.165) is 4.90 Å². The summed E-state index contributed by atoms with van der Waals surface area (Å²) in [6, 6.07) is 15.6. The first kappa shape index (κ1) is 25.8. The summed E-state index contributed by atoms with van der Waals surface area (Å²) in [5, 5.41) is 10.4. The fourth-order valence-corrected chi connectivity index (χ4v) is 3.56. The Hall–Kier alpha value is -4.86. The first-order chi connectivity index (χ1) is 17.1. The summed E-state index contributed by atoms with van der Waals surface area (Å²) in [6.07, 6.45) is 0. The molecule has 36 heavy (non-hydrogen) atoms. The lowest BCUT2D eigenvalue weighted by Crippen LogP contribution is -2.29. The van der Waals surface area contributed by atoms with Crippen molar-refractivity contribution in [3.8, 4) is 0 Å². The minimum atomic E-state index is -0.564. The average Bonchev–Trinajstić information content (AvgIpc) is 3.14. The molecule has 0 radical (unpaired) electrons. The van der Waals surface area contributed by atoms with E-state index >= 15 is 0 Å². The van der Waals surface area contributed by atoms with Crippen LogP contribution in [0.2, 0.25) is 0 Å². The highest BCUT2D eigenvalue weighted by Gasteiger charge is 2.36. The van der Waals surface area contributed by atoms with Crippen LogP contribution in [0.5, 0.6) is 0 Å². The molecule has 1 heterocycles. The molecule has 2 amide bonds. The number of nitrogens with zero attached hydrogens (tertiary/aromatic N) is 2. The molecule has 4 rings (SSSR count). The lowest BCUT2D eigenvalue weighted by Gasteiger charge is -2.15. The molecule has 0 atom stereocenters. The van der Waals surface area contributed by atoms with Crippen molar-refractivity contribution in [2.45, 2.75) is 13.8 Å². The van der Waals surface area contributed by atoms with E-state index in [4.69, 9.17) is 4.74 Å². The largest absolute Gasteiger partial charge is 0.465 e. The van der Waals surface area contributed by atoms with Crippen LogP contribution < -0.4 is 4.90 Å². The topological polar surface area (TPSA) is 133 Å². The first-order valence-electron chi connectivity index (χ1n) is 10.6. The number of rotatable bonds is 4. The molecule has 0 aliphatic carbocycles. The normalized spacial score (nSPS) is 11.8. The van der Waals surface area contributed by atoms with Gasteiger partial charge in [-0.25, -0.2) is 14.5 Å². The molecule has 1 aliphatic heterocycles. The van der Waals surface area contributed by atoms with Crippen molar-refractivity contribution >= 4 is 35.1 Å². The molecule has 0 saturated carbocycles. The van der Waals surface area contributed by atoms with Gasteiger partial charge in [0.15, 0.2) is 0 Å². The molecule has 0 bridgehead atoms. The number of carbonyl (C=O) groups excluding carboxylic acids is 4. The van der Waals surface area contributed by atoms with Crippen molar-refractivity contribution in [3.05, 3.63) is 104 Å². The average molecular weight is 490 g/mol. The van der Waals surface area contributed by atoms with Crippen LogP contribution in [0.4, 0.5) is 11.4 Å². The van der Waals surface area contributed by atoms with Crippen LogP contribution >= 0.6 is 0 Å². The number of non-ortho nitro benzene ring substituents is 1. The summed E-state index contributed by atoms with van der Waals surface area (Å²) >= 11 is 0. The predicted molar refractivity (Wildman–Crippen MR) is 129 cm³/mol. The van der Waals surface area contributed by atoms with E-state index in [1.807, 2.05) is 0 Å². The van der Waals surface area contributed by atoms with Crippen LogP contribution in [0.3, 0.4) is 0 Å². The molecule has 0 N–H and O–H groups in total. The van der Waals surface area contributed by atoms with Gasteiger partial charge in [0.05, 0.1) is 47.1 Å². The van der Waals surface area contributed by atoms with Crippen molar-refractivity contribution in [2.75, 3.05) is 19.1 Å². The monoisotopic (exact) mass is 490 g/mol. The number of anilines is 1. The van der Waals surface area contributed by atoms with Crippen LogP contribution in [-0.2, 0) is 9.47 Å². The molecule has 10 nitrogen and oxygen atoms in total. The Kier molecular flexibility index (Phi) is 7.58. The molecule has 3 aromatic carbocycles. The van der Waals surface area contributed by atoms with Crippen molar-refractivity contribution in [3.63, 3.8) is 0 Å². The molecular weight excluding hydrogens is 468 g/mol. The highest BCUT2D eigenvalue weighted by molar-refractivity contribution is 6.34. The van der Waals surface area contributed by atoms with Gasteiger partial charge < -0.3 is 9.47 Å². The van der Waals surface area contributed by atoms with E-state index in [1.54, 1.807) is 50.2 Å². The number of imide groups is 1. The third kappa shape index (κ3) is 4.97. The van der Waals surface area contributed by atoms with Gasteiger partial charge in [0.2, 0.25) is 0 Å². The Morgan fingerprint density at radius 3 is 1.72 bits per heavy atom. The number of esters is 2. The second-order valence-corrected chi connectivity index (χ2v) is 7.73. The van der Waals surface area contributed by atoms with E-state index in [2.05, 4.69) is 4.74 Å². The number of amides is 2. The Morgan fingerprint density at radius 2 is 1.25 bits per heavy atom. The van der Waals surface area contributed by atoms with Gasteiger partial charge >= 0.3 is 11.9 Å². The Labute approximate surface area is 206 Å². The van der Waals surface area contributed by atoms with Crippen molar-refractivity contribution in [1.82, 2.24) is 0 Å². The Balaban J connectivity index is 0.000000223. The SMILES string of the molecule is COC(=O)c1cc(N2C(=O)c3ccccc3C2=O)ccc1C.COC(=O)c1cc([N+](=O)[O-])ccc1C. The number of hydrogen-bond donors (Lipinski definition) is 0. The number of aryl methyl sites for hydroxylation is 2. The van der Waals surface area contributed by atoms with Gasteiger partial charge in [0, 0.05) is 12.1 Å². The smallest absolute Gasteiger partial charge is 0.338 e. The van der Waals surface area contributed by atoms with Crippen molar-refractivity contribution in [1.29, 1.82) is 0 Å². The molecule has 3 aromatic rings. The van der Waals surface area contributed by atoms with E-state index in [1.165, 1.54) is 38.5 Å². The molecule has 0 aromatic heterocycles. The fourth-order valence-electron chi connectivity index (χ4n) is 3.56. The van der Waals surface area contributed by atoms with Crippen LogP contribution in [0.1, 0.15) is 52.6 Å². The molecular formula is C26H22N2O8. The van der Waals surface area contributed by atoms with E-state index in [9.17, 15) is 29.3 Å². The molecule has 0 fully saturated rings. The van der Waals surface area contributed by atoms with Gasteiger partial charge in [-0.05, 0) is 49.2 Å². The third-order valence-corrected chi connectivity index (χ3v) is 5.52. The summed E-state index contributed by atoms with van der Waals surface area (Å²) in [5.41, 5.74) is 2.90. The maximum Gasteiger partial charge on any atom is 0.338 e. The fraction of sp³-hybridized carbons (Fsp3) is 0.154. The number of fused-ring (bicyclic) bond motifs is 1. The number of nitro benzene ring substituents is 1. The third-order valence-electron chi connectivity index (χ3n) is 5.52. The second-order valence-electron chi connectivity index (χ2n) is 7.73. The zero-order valence-electron chi connectivity index (χ0n) is 19.9. The summed E-state index contributed by atoms with van der Waals surface area (Å²) < 4.78 is 9.21. The van der Waals surface area contributed by atoms with Crippen LogP contribution in [0, 0.1) is 24.0 Å². The lowest BCUT2D eigenvalue weighted by molar-refractivity contribution is -0.384. The minimum absolute atomic E-state index is 0.115. The Bertz CT molecular complexity index is 1360. The van der Waals surface area contributed by atoms with Crippen LogP contribution in [0.25, 0.3) is 0 Å². The number of hydrogen-bond acceptors (Lipinski definition) is 8.